The van der Waals surface area contributed by atoms with E-state index in [1.807, 2.05) is 13.8 Å². The summed E-state index contributed by atoms with van der Waals surface area (Å²) < 4.78 is 0. The summed E-state index contributed by atoms with van der Waals surface area (Å²) in [7, 11) is 0. The first-order valence-electron chi connectivity index (χ1n) is 2.84. The van der Waals surface area contributed by atoms with Crippen molar-refractivity contribution in [2.24, 2.45) is 0 Å². The van der Waals surface area contributed by atoms with E-state index in [4.69, 9.17) is 9.90 Å². The number of hydrogen-bond acceptors (Lipinski definition) is 2. The highest BCUT2D eigenvalue weighted by atomic mass is 16.2. The number of aliphatic hydroxyl groups excluding tert-OH is 1. The predicted octanol–water partition coefficient (Wildman–Crippen LogP) is 1.23. The second-order valence-corrected chi connectivity index (χ2v) is 0.552. The van der Waals surface area contributed by atoms with Gasteiger partial charge < -0.3 is 9.90 Å². The van der Waals surface area contributed by atoms with Gasteiger partial charge in [-0.15, -0.1) is 0 Å². The largest absolute Gasteiger partial charge is 0.397 e. The second-order valence-electron chi connectivity index (χ2n) is 0.552. The fourth-order valence-corrected chi connectivity index (χ4v) is 0. The summed E-state index contributed by atoms with van der Waals surface area (Å²) in [6.45, 7) is 7.38. The molecule has 0 amide bonds. The van der Waals surface area contributed by atoms with Crippen LogP contribution in [0.1, 0.15) is 27.7 Å². The van der Waals surface area contributed by atoms with Gasteiger partial charge in [0.05, 0.1) is 0 Å². The van der Waals surface area contributed by atoms with Crippen molar-refractivity contribution < 1.29 is 9.90 Å². The lowest BCUT2D eigenvalue weighted by molar-refractivity contribution is -0.106. The van der Waals surface area contributed by atoms with Gasteiger partial charge in [0.2, 0.25) is 0 Å². The Morgan fingerprint density at radius 1 is 1.50 bits per heavy atom. The van der Waals surface area contributed by atoms with Crippen LogP contribution in [0.4, 0.5) is 0 Å². The Morgan fingerprint density at radius 3 is 1.50 bits per heavy atom. The fraction of sp³-hybridized carbons (Fsp3) is 0.833. The highest BCUT2D eigenvalue weighted by Gasteiger charge is 1.34. The van der Waals surface area contributed by atoms with E-state index in [9.17, 15) is 0 Å². The first kappa shape index (κ1) is 15.6. The molecule has 0 saturated carbocycles. The van der Waals surface area contributed by atoms with E-state index in [0.29, 0.717) is 0 Å². The third kappa shape index (κ3) is 882. The van der Waals surface area contributed by atoms with E-state index in [2.05, 4.69) is 0 Å². The summed E-state index contributed by atoms with van der Waals surface area (Å²) in [5, 5.41) is 7.57. The van der Waals surface area contributed by atoms with Crippen LogP contribution >= 0.6 is 0 Å². The molecule has 0 atom stereocenters. The number of carbonyl (C=O) groups excluding carboxylic acids is 1. The van der Waals surface area contributed by atoms with Crippen LogP contribution in [0.3, 0.4) is 0 Å². The van der Waals surface area contributed by atoms with Crippen LogP contribution in [-0.2, 0) is 4.79 Å². The van der Waals surface area contributed by atoms with Crippen molar-refractivity contribution in [1.29, 1.82) is 0 Å². The Morgan fingerprint density at radius 2 is 1.50 bits per heavy atom. The van der Waals surface area contributed by atoms with Crippen molar-refractivity contribution >= 4 is 6.29 Å². The molecule has 0 aromatic rings. The van der Waals surface area contributed by atoms with Gasteiger partial charge in [0.15, 0.2) is 0 Å². The molecule has 0 aromatic carbocycles. The molecule has 0 spiro atoms. The summed E-state index contributed by atoms with van der Waals surface area (Å²) in [6, 6.07) is 0. The number of aliphatic hydroxyl groups is 1. The molecule has 0 radical (unpaired) electrons. The minimum Gasteiger partial charge on any atom is -0.397 e. The molecule has 0 rings (SSSR count). The van der Waals surface area contributed by atoms with Gasteiger partial charge in [0.1, 0.15) is 6.29 Å². The Labute approximate surface area is 51.5 Å². The predicted molar refractivity (Wildman–Crippen MR) is 35.8 cm³/mol. The quantitative estimate of drug-likeness (QED) is 0.488. The third-order valence-electron chi connectivity index (χ3n) is 0. The van der Waals surface area contributed by atoms with E-state index in [-0.39, 0.29) is 6.61 Å². The van der Waals surface area contributed by atoms with Crippen molar-refractivity contribution in [1.82, 2.24) is 0 Å². The van der Waals surface area contributed by atoms with Gasteiger partial charge in [-0.05, 0) is 13.8 Å². The molecule has 2 heteroatoms. The van der Waals surface area contributed by atoms with Crippen LogP contribution in [0.25, 0.3) is 0 Å². The molecule has 8 heavy (non-hydrogen) atoms. The maximum absolute atomic E-state index is 8.81. The van der Waals surface area contributed by atoms with Crippen LogP contribution in [-0.4, -0.2) is 18.0 Å². The molecule has 0 unspecified atom stereocenters. The Balaban J connectivity index is -0.0000000483. The lowest BCUT2D eigenvalue weighted by Gasteiger charge is -1.52. The monoisotopic (exact) mass is 120 g/mol. The van der Waals surface area contributed by atoms with Crippen LogP contribution in [0.2, 0.25) is 0 Å². The van der Waals surface area contributed by atoms with Gasteiger partial charge in [0, 0.05) is 6.61 Å². The van der Waals surface area contributed by atoms with E-state index in [1.54, 1.807) is 6.92 Å². The summed E-state index contributed by atoms with van der Waals surface area (Å²) in [4.78, 5) is 8.81. The van der Waals surface area contributed by atoms with Gasteiger partial charge in [-0.1, -0.05) is 13.8 Å². The molecular formula is C6H16O2. The molecule has 0 aliphatic carbocycles. The highest BCUT2D eigenvalue weighted by Crippen LogP contribution is 1.30. The molecule has 2 nitrogen and oxygen atoms in total. The molecule has 0 aliphatic heterocycles. The van der Waals surface area contributed by atoms with Crippen LogP contribution in [0.15, 0.2) is 0 Å². The van der Waals surface area contributed by atoms with Gasteiger partial charge >= 0.3 is 0 Å². The first-order valence-corrected chi connectivity index (χ1v) is 2.84. The van der Waals surface area contributed by atoms with Crippen LogP contribution in [0, 0.1) is 0 Å². The lowest BCUT2D eigenvalue weighted by Crippen LogP contribution is -1.57. The van der Waals surface area contributed by atoms with Gasteiger partial charge in [-0.3, -0.25) is 0 Å². The van der Waals surface area contributed by atoms with E-state index in [1.165, 1.54) is 6.92 Å². The average molecular weight is 120 g/mol. The normalized spacial score (nSPS) is 4.62. The summed E-state index contributed by atoms with van der Waals surface area (Å²) in [5.41, 5.74) is 0. The van der Waals surface area contributed by atoms with E-state index in [0.717, 1.165) is 6.29 Å². The molecule has 52 valence electrons. The zero-order chi connectivity index (χ0) is 7.41. The van der Waals surface area contributed by atoms with Crippen LogP contribution in [0.5, 0.6) is 0 Å². The van der Waals surface area contributed by atoms with Crippen molar-refractivity contribution in [3.63, 3.8) is 0 Å². The molecule has 0 heterocycles. The minimum atomic E-state index is 0.250. The maximum Gasteiger partial charge on any atom is 0.116 e. The van der Waals surface area contributed by atoms with Gasteiger partial charge in [-0.2, -0.15) is 0 Å². The zero-order valence-corrected chi connectivity index (χ0v) is 6.14. The summed E-state index contributed by atoms with van der Waals surface area (Å²) in [6.07, 6.45) is 0.750. The van der Waals surface area contributed by atoms with Crippen LogP contribution < -0.4 is 0 Å². The number of rotatable bonds is 0. The highest BCUT2D eigenvalue weighted by molar-refractivity contribution is 5.44. The number of carbonyl (C=O) groups is 1. The molecule has 0 fully saturated rings. The minimum absolute atomic E-state index is 0.250. The second kappa shape index (κ2) is 79.1. The average Bonchev–Trinajstić information content (AvgIpc) is 1.75. The van der Waals surface area contributed by atoms with Crippen molar-refractivity contribution in [3.8, 4) is 0 Å². The van der Waals surface area contributed by atoms with Gasteiger partial charge in [-0.25, -0.2) is 0 Å². The number of hydrogen-bond donors (Lipinski definition) is 1. The molecule has 0 bridgehead atoms. The third-order valence-corrected chi connectivity index (χ3v) is 0. The van der Waals surface area contributed by atoms with E-state index >= 15 is 0 Å². The zero-order valence-electron chi connectivity index (χ0n) is 6.14. The standard InChI is InChI=1S/C2H6O.C2H4O.C2H6/c2*1-2-3;1-2/h3H,2H2,1H3;2H,1H3;1-2H3. The molecule has 0 aliphatic rings. The summed E-state index contributed by atoms with van der Waals surface area (Å²) >= 11 is 0. The smallest absolute Gasteiger partial charge is 0.116 e. The molecule has 0 saturated heterocycles. The molecular weight excluding hydrogens is 104 g/mol. The summed E-state index contributed by atoms with van der Waals surface area (Å²) in [5.74, 6) is 0. The molecule has 1 N–H and O–H groups in total. The SMILES string of the molecule is CC.CC=O.CCO. The Kier molecular flexibility index (Phi) is 155. The van der Waals surface area contributed by atoms with Crippen molar-refractivity contribution in [2.45, 2.75) is 27.7 Å². The maximum atomic E-state index is 8.81. The van der Waals surface area contributed by atoms with Crippen molar-refractivity contribution in [3.05, 3.63) is 0 Å². The number of aldehydes is 1. The first-order chi connectivity index (χ1) is 3.83. The lowest BCUT2D eigenvalue weighted by atomic mass is 10.9. The fourth-order valence-electron chi connectivity index (χ4n) is 0. The Bertz CT molecular complexity index is 20.5. The Hall–Kier alpha value is -0.370. The topological polar surface area (TPSA) is 37.3 Å². The molecule has 0 aromatic heterocycles. The van der Waals surface area contributed by atoms with Gasteiger partial charge in [0.25, 0.3) is 0 Å². The van der Waals surface area contributed by atoms with Crippen molar-refractivity contribution in [2.75, 3.05) is 6.61 Å². The van der Waals surface area contributed by atoms with E-state index < -0.39 is 0 Å².